The van der Waals surface area contributed by atoms with Crippen LogP contribution in [0.2, 0.25) is 0 Å². The molecule has 0 amide bonds. The molecule has 0 aliphatic carbocycles. The van der Waals surface area contributed by atoms with Gasteiger partial charge in [0.25, 0.3) is 0 Å². The lowest BCUT2D eigenvalue weighted by atomic mass is 10.1. The van der Waals surface area contributed by atoms with Gasteiger partial charge in [0.05, 0.1) is 5.60 Å². The zero-order valence-corrected chi connectivity index (χ0v) is 9.86. The lowest BCUT2D eigenvalue weighted by Crippen LogP contribution is -2.34. The number of hydrogen-bond donors (Lipinski definition) is 2. The van der Waals surface area contributed by atoms with E-state index in [0.29, 0.717) is 17.1 Å². The summed E-state index contributed by atoms with van der Waals surface area (Å²) in [5.74, 6) is -0.625. The Hall–Kier alpha value is -0.650. The van der Waals surface area contributed by atoms with E-state index < -0.39 is 17.2 Å². The van der Waals surface area contributed by atoms with Crippen molar-refractivity contribution in [2.24, 2.45) is 5.73 Å². The number of rotatable bonds is 5. The molecule has 1 aromatic carbocycles. The third-order valence-electron chi connectivity index (χ3n) is 2.23. The summed E-state index contributed by atoms with van der Waals surface area (Å²) in [5, 5.41) is 9.62. The minimum atomic E-state index is -0.927. The van der Waals surface area contributed by atoms with Gasteiger partial charge in [-0.3, -0.25) is 0 Å². The van der Waals surface area contributed by atoms with Gasteiger partial charge >= 0.3 is 0 Å². The van der Waals surface area contributed by atoms with Gasteiger partial charge in [-0.1, -0.05) is 0 Å². The van der Waals surface area contributed by atoms with E-state index in [0.717, 1.165) is 6.07 Å². The molecule has 0 bridgehead atoms. The Bertz CT molecular complexity index is 358. The molecule has 0 aliphatic rings. The van der Waals surface area contributed by atoms with Crippen LogP contribution in [0.5, 0.6) is 0 Å². The van der Waals surface area contributed by atoms with Gasteiger partial charge in [-0.2, -0.15) is 0 Å². The number of thioether (sulfide) groups is 1. The second-order valence-electron chi connectivity index (χ2n) is 3.87. The van der Waals surface area contributed by atoms with Crippen LogP contribution in [0.1, 0.15) is 13.3 Å². The van der Waals surface area contributed by atoms with Crippen LogP contribution in [0, 0.1) is 11.6 Å². The van der Waals surface area contributed by atoms with E-state index in [4.69, 9.17) is 5.73 Å². The van der Waals surface area contributed by atoms with Crippen LogP contribution in [0.15, 0.2) is 23.1 Å². The molecular weight excluding hydrogens is 232 g/mol. The molecular formula is C11H15F2NOS. The van der Waals surface area contributed by atoms with Crippen LogP contribution in [0.25, 0.3) is 0 Å². The van der Waals surface area contributed by atoms with Gasteiger partial charge in [0.1, 0.15) is 11.6 Å². The molecule has 1 unspecified atom stereocenters. The highest BCUT2D eigenvalue weighted by Crippen LogP contribution is 2.24. The maximum atomic E-state index is 13.2. The monoisotopic (exact) mass is 247 g/mol. The molecule has 0 aliphatic heterocycles. The topological polar surface area (TPSA) is 46.2 Å². The predicted octanol–water partition coefficient (Wildman–Crippen LogP) is 2.16. The molecule has 1 atom stereocenters. The highest BCUT2D eigenvalue weighted by atomic mass is 32.2. The van der Waals surface area contributed by atoms with E-state index in [9.17, 15) is 13.9 Å². The molecule has 3 N–H and O–H groups in total. The summed E-state index contributed by atoms with van der Waals surface area (Å²) >= 11 is 1.24. The number of halogens is 2. The summed E-state index contributed by atoms with van der Waals surface area (Å²) in [6, 6.07) is 3.46. The van der Waals surface area contributed by atoms with Crippen molar-refractivity contribution in [3.63, 3.8) is 0 Å². The lowest BCUT2D eigenvalue weighted by Gasteiger charge is -2.20. The van der Waals surface area contributed by atoms with Gasteiger partial charge in [-0.15, -0.1) is 11.8 Å². The van der Waals surface area contributed by atoms with Crippen molar-refractivity contribution in [3.8, 4) is 0 Å². The van der Waals surface area contributed by atoms with Gasteiger partial charge in [-0.25, -0.2) is 8.78 Å². The number of aliphatic hydroxyl groups is 1. The van der Waals surface area contributed by atoms with Crippen LogP contribution in [-0.2, 0) is 0 Å². The fraction of sp³-hybridized carbons (Fsp3) is 0.455. The zero-order valence-electron chi connectivity index (χ0n) is 9.04. The summed E-state index contributed by atoms with van der Waals surface area (Å²) in [7, 11) is 0. The smallest absolute Gasteiger partial charge is 0.139 e. The van der Waals surface area contributed by atoms with Gasteiger partial charge in [0, 0.05) is 23.3 Å². The number of benzene rings is 1. The fourth-order valence-electron chi connectivity index (χ4n) is 1.08. The largest absolute Gasteiger partial charge is 0.389 e. The SMILES string of the molecule is CC(O)(CN)CCSc1ccc(F)cc1F. The summed E-state index contributed by atoms with van der Waals surface area (Å²) in [6.07, 6.45) is 0.463. The molecule has 0 saturated carbocycles. The van der Waals surface area contributed by atoms with Crippen LogP contribution in [0.3, 0.4) is 0 Å². The molecule has 0 radical (unpaired) electrons. The van der Waals surface area contributed by atoms with Gasteiger partial charge in [-0.05, 0) is 25.5 Å². The molecule has 90 valence electrons. The number of nitrogens with two attached hydrogens (primary N) is 1. The van der Waals surface area contributed by atoms with E-state index in [1.807, 2.05) is 0 Å². The normalized spacial score (nSPS) is 14.8. The van der Waals surface area contributed by atoms with E-state index in [-0.39, 0.29) is 6.54 Å². The molecule has 1 rings (SSSR count). The maximum absolute atomic E-state index is 13.2. The summed E-state index contributed by atoms with van der Waals surface area (Å²) in [4.78, 5) is 0.384. The van der Waals surface area contributed by atoms with Crippen molar-refractivity contribution >= 4 is 11.8 Å². The molecule has 1 aromatic rings. The predicted molar refractivity (Wildman–Crippen MR) is 61.4 cm³/mol. The fourth-order valence-corrected chi connectivity index (χ4v) is 2.20. The summed E-state index contributed by atoms with van der Waals surface area (Å²) in [5.41, 5.74) is 4.43. The quantitative estimate of drug-likeness (QED) is 0.784. The van der Waals surface area contributed by atoms with Gasteiger partial charge in [0.2, 0.25) is 0 Å². The van der Waals surface area contributed by atoms with Crippen LogP contribution in [-0.4, -0.2) is 23.0 Å². The third-order valence-corrected chi connectivity index (χ3v) is 3.28. The first kappa shape index (κ1) is 13.4. The number of hydrogen-bond acceptors (Lipinski definition) is 3. The second kappa shape index (κ2) is 5.61. The van der Waals surface area contributed by atoms with E-state index in [2.05, 4.69) is 0 Å². The van der Waals surface area contributed by atoms with Crippen molar-refractivity contribution in [1.82, 2.24) is 0 Å². The van der Waals surface area contributed by atoms with Gasteiger partial charge in [0.15, 0.2) is 0 Å². The molecule has 5 heteroatoms. The highest BCUT2D eigenvalue weighted by Gasteiger charge is 2.17. The summed E-state index contributed by atoms with van der Waals surface area (Å²) in [6.45, 7) is 1.80. The molecule has 0 saturated heterocycles. The van der Waals surface area contributed by atoms with E-state index in [1.165, 1.54) is 23.9 Å². The van der Waals surface area contributed by atoms with E-state index >= 15 is 0 Å². The van der Waals surface area contributed by atoms with Crippen molar-refractivity contribution in [3.05, 3.63) is 29.8 Å². The Kier molecular flexibility index (Phi) is 4.70. The Morgan fingerprint density at radius 2 is 2.12 bits per heavy atom. The lowest BCUT2D eigenvalue weighted by molar-refractivity contribution is 0.0665. The zero-order chi connectivity index (χ0) is 12.2. The molecule has 0 heterocycles. The first-order chi connectivity index (χ1) is 7.44. The van der Waals surface area contributed by atoms with Crippen molar-refractivity contribution < 1.29 is 13.9 Å². The summed E-state index contributed by atoms with van der Waals surface area (Å²) < 4.78 is 25.8. The molecule has 2 nitrogen and oxygen atoms in total. The van der Waals surface area contributed by atoms with Crippen molar-refractivity contribution in [2.75, 3.05) is 12.3 Å². The minimum Gasteiger partial charge on any atom is -0.389 e. The average Bonchev–Trinajstić information content (AvgIpc) is 2.21. The Morgan fingerprint density at radius 3 is 2.69 bits per heavy atom. The Balaban J connectivity index is 2.49. The van der Waals surface area contributed by atoms with Crippen LogP contribution >= 0.6 is 11.8 Å². The highest BCUT2D eigenvalue weighted by molar-refractivity contribution is 7.99. The minimum absolute atomic E-state index is 0.166. The maximum Gasteiger partial charge on any atom is 0.139 e. The standard InChI is InChI=1S/C11H15F2NOS/c1-11(15,7-14)4-5-16-10-3-2-8(12)6-9(10)13/h2-3,6,15H,4-5,7,14H2,1H3. The van der Waals surface area contributed by atoms with Crippen LogP contribution in [0.4, 0.5) is 8.78 Å². The molecule has 16 heavy (non-hydrogen) atoms. The first-order valence-corrected chi connectivity index (χ1v) is 5.93. The van der Waals surface area contributed by atoms with Crippen LogP contribution < -0.4 is 5.73 Å². The van der Waals surface area contributed by atoms with E-state index in [1.54, 1.807) is 6.92 Å². The van der Waals surface area contributed by atoms with Crippen molar-refractivity contribution in [1.29, 1.82) is 0 Å². The van der Waals surface area contributed by atoms with Gasteiger partial charge < -0.3 is 10.8 Å². The first-order valence-electron chi connectivity index (χ1n) is 4.95. The molecule has 0 fully saturated rings. The average molecular weight is 247 g/mol. The third kappa shape index (κ3) is 4.08. The Labute approximate surface area is 97.8 Å². The molecule has 0 spiro atoms. The Morgan fingerprint density at radius 1 is 1.44 bits per heavy atom. The second-order valence-corrected chi connectivity index (χ2v) is 5.01. The van der Waals surface area contributed by atoms with Crippen molar-refractivity contribution in [2.45, 2.75) is 23.8 Å². The molecule has 0 aromatic heterocycles.